The Bertz CT molecular complexity index is 361. The van der Waals surface area contributed by atoms with Crippen molar-refractivity contribution < 1.29 is 13.9 Å². The lowest BCUT2D eigenvalue weighted by Gasteiger charge is -2.23. The van der Waals surface area contributed by atoms with Gasteiger partial charge in [0.2, 0.25) is 0 Å². The molecule has 0 aliphatic carbocycles. The van der Waals surface area contributed by atoms with Crippen LogP contribution < -0.4 is 5.73 Å². The van der Waals surface area contributed by atoms with E-state index < -0.39 is 0 Å². The van der Waals surface area contributed by atoms with Crippen molar-refractivity contribution in [3.8, 4) is 0 Å². The molecule has 1 aromatic carbocycles. The molecule has 0 aromatic heterocycles. The standard InChI is InChI=1S/C14H20FNO2/c1-10(16)14(11-4-6-12(15)7-5-11)18-9-13-3-2-8-17-13/h4-7,10,13-14H,2-3,8-9,16H2,1H3. The van der Waals surface area contributed by atoms with Crippen molar-refractivity contribution in [2.45, 2.75) is 38.0 Å². The summed E-state index contributed by atoms with van der Waals surface area (Å²) < 4.78 is 24.2. The lowest BCUT2D eigenvalue weighted by Crippen LogP contribution is -2.29. The molecule has 1 heterocycles. The molecule has 0 radical (unpaired) electrons. The first-order valence-corrected chi connectivity index (χ1v) is 6.41. The number of ether oxygens (including phenoxy) is 2. The molecule has 1 aliphatic heterocycles. The molecule has 0 bridgehead atoms. The maximum absolute atomic E-state index is 12.9. The Labute approximate surface area is 107 Å². The molecule has 3 nitrogen and oxygen atoms in total. The van der Waals surface area contributed by atoms with Gasteiger partial charge in [0.15, 0.2) is 0 Å². The van der Waals surface area contributed by atoms with E-state index in [4.69, 9.17) is 15.2 Å². The SMILES string of the molecule is CC(N)C(OCC1CCCO1)c1ccc(F)cc1. The lowest BCUT2D eigenvalue weighted by molar-refractivity contribution is -0.0286. The van der Waals surface area contributed by atoms with E-state index >= 15 is 0 Å². The van der Waals surface area contributed by atoms with Gasteiger partial charge in [-0.15, -0.1) is 0 Å². The van der Waals surface area contributed by atoms with Crippen LogP contribution in [0.2, 0.25) is 0 Å². The summed E-state index contributed by atoms with van der Waals surface area (Å²) in [6.45, 7) is 3.25. The highest BCUT2D eigenvalue weighted by Gasteiger charge is 2.21. The third-order valence-electron chi connectivity index (χ3n) is 3.16. The lowest BCUT2D eigenvalue weighted by atomic mass is 10.0. The van der Waals surface area contributed by atoms with Gasteiger partial charge < -0.3 is 15.2 Å². The van der Waals surface area contributed by atoms with E-state index in [1.54, 1.807) is 12.1 Å². The van der Waals surface area contributed by atoms with Crippen molar-refractivity contribution in [1.29, 1.82) is 0 Å². The largest absolute Gasteiger partial charge is 0.376 e. The van der Waals surface area contributed by atoms with Crippen molar-refractivity contribution >= 4 is 0 Å². The molecule has 0 saturated carbocycles. The maximum Gasteiger partial charge on any atom is 0.123 e. The Hall–Kier alpha value is -0.970. The van der Waals surface area contributed by atoms with Crippen molar-refractivity contribution in [2.75, 3.05) is 13.2 Å². The minimum Gasteiger partial charge on any atom is -0.376 e. The Morgan fingerprint density at radius 2 is 2.17 bits per heavy atom. The van der Waals surface area contributed by atoms with Gasteiger partial charge in [0.1, 0.15) is 5.82 Å². The number of halogens is 1. The highest BCUT2D eigenvalue weighted by atomic mass is 19.1. The van der Waals surface area contributed by atoms with Crippen LogP contribution in [0.4, 0.5) is 4.39 Å². The van der Waals surface area contributed by atoms with Crippen LogP contribution in [0.3, 0.4) is 0 Å². The first kappa shape index (κ1) is 13.5. The number of nitrogens with two attached hydrogens (primary N) is 1. The minimum atomic E-state index is -0.249. The van der Waals surface area contributed by atoms with Crippen LogP contribution in [0.1, 0.15) is 31.4 Å². The van der Waals surface area contributed by atoms with Crippen LogP contribution in [0.5, 0.6) is 0 Å². The molecule has 1 fully saturated rings. The molecule has 100 valence electrons. The molecule has 4 heteroatoms. The monoisotopic (exact) mass is 253 g/mol. The van der Waals surface area contributed by atoms with Gasteiger partial charge >= 0.3 is 0 Å². The van der Waals surface area contributed by atoms with Crippen molar-refractivity contribution in [1.82, 2.24) is 0 Å². The highest BCUT2D eigenvalue weighted by Crippen LogP contribution is 2.23. The fourth-order valence-corrected chi connectivity index (χ4v) is 2.19. The van der Waals surface area contributed by atoms with Gasteiger partial charge in [0.05, 0.1) is 18.8 Å². The zero-order chi connectivity index (χ0) is 13.0. The van der Waals surface area contributed by atoms with Crippen LogP contribution in [-0.2, 0) is 9.47 Å². The van der Waals surface area contributed by atoms with Crippen LogP contribution >= 0.6 is 0 Å². The molecule has 1 aliphatic rings. The Morgan fingerprint density at radius 1 is 1.44 bits per heavy atom. The average Bonchev–Trinajstić information content (AvgIpc) is 2.84. The fraction of sp³-hybridized carbons (Fsp3) is 0.571. The third kappa shape index (κ3) is 3.51. The summed E-state index contributed by atoms with van der Waals surface area (Å²) in [4.78, 5) is 0. The summed E-state index contributed by atoms with van der Waals surface area (Å²) in [6.07, 6.45) is 2.09. The predicted molar refractivity (Wildman–Crippen MR) is 67.7 cm³/mol. The topological polar surface area (TPSA) is 44.5 Å². The molecule has 2 N–H and O–H groups in total. The second kappa shape index (κ2) is 6.27. The van der Waals surface area contributed by atoms with Crippen LogP contribution in [0.25, 0.3) is 0 Å². The van der Waals surface area contributed by atoms with Crippen molar-refractivity contribution in [2.24, 2.45) is 5.73 Å². The summed E-state index contributed by atoms with van der Waals surface area (Å²) in [6, 6.07) is 6.16. The molecule has 0 spiro atoms. The normalized spacial score (nSPS) is 22.9. The highest BCUT2D eigenvalue weighted by molar-refractivity contribution is 5.19. The van der Waals surface area contributed by atoms with Gasteiger partial charge in [-0.3, -0.25) is 0 Å². The van der Waals surface area contributed by atoms with E-state index in [0.717, 1.165) is 25.0 Å². The van der Waals surface area contributed by atoms with Crippen LogP contribution in [-0.4, -0.2) is 25.4 Å². The molecule has 1 aromatic rings. The Kier molecular flexibility index (Phi) is 4.69. The molecule has 3 unspecified atom stereocenters. The van der Waals surface area contributed by atoms with E-state index in [9.17, 15) is 4.39 Å². The van der Waals surface area contributed by atoms with Crippen LogP contribution in [0, 0.1) is 5.82 Å². The first-order chi connectivity index (χ1) is 8.66. The van der Waals surface area contributed by atoms with Gasteiger partial charge in [-0.25, -0.2) is 4.39 Å². The molecule has 1 saturated heterocycles. The molecule has 0 amide bonds. The number of rotatable bonds is 5. The maximum atomic E-state index is 12.9. The average molecular weight is 253 g/mol. The molecule has 2 rings (SSSR count). The molecule has 18 heavy (non-hydrogen) atoms. The molecular formula is C14H20FNO2. The van der Waals surface area contributed by atoms with E-state index in [-0.39, 0.29) is 24.1 Å². The number of benzene rings is 1. The van der Waals surface area contributed by atoms with Gasteiger partial charge in [-0.1, -0.05) is 12.1 Å². The fourth-order valence-electron chi connectivity index (χ4n) is 2.19. The van der Waals surface area contributed by atoms with E-state index in [0.29, 0.717) is 6.61 Å². The molecular weight excluding hydrogens is 233 g/mol. The van der Waals surface area contributed by atoms with Crippen molar-refractivity contribution in [3.63, 3.8) is 0 Å². The number of hydrogen-bond acceptors (Lipinski definition) is 3. The van der Waals surface area contributed by atoms with Gasteiger partial charge in [0, 0.05) is 12.6 Å². The predicted octanol–water partition coefficient (Wildman–Crippen LogP) is 2.41. The minimum absolute atomic E-state index is 0.142. The quantitative estimate of drug-likeness (QED) is 0.876. The summed E-state index contributed by atoms with van der Waals surface area (Å²) in [5, 5.41) is 0. The van der Waals surface area contributed by atoms with Crippen molar-refractivity contribution in [3.05, 3.63) is 35.6 Å². The third-order valence-corrected chi connectivity index (χ3v) is 3.16. The van der Waals surface area contributed by atoms with E-state index in [2.05, 4.69) is 0 Å². The summed E-state index contributed by atoms with van der Waals surface area (Å²) in [5.74, 6) is -0.249. The van der Waals surface area contributed by atoms with Gasteiger partial charge in [-0.05, 0) is 37.5 Å². The second-order valence-electron chi connectivity index (χ2n) is 4.80. The van der Waals surface area contributed by atoms with E-state index in [1.807, 2.05) is 6.92 Å². The van der Waals surface area contributed by atoms with E-state index in [1.165, 1.54) is 12.1 Å². The zero-order valence-corrected chi connectivity index (χ0v) is 10.6. The van der Waals surface area contributed by atoms with Crippen LogP contribution in [0.15, 0.2) is 24.3 Å². The second-order valence-corrected chi connectivity index (χ2v) is 4.80. The zero-order valence-electron chi connectivity index (χ0n) is 10.6. The Morgan fingerprint density at radius 3 is 2.72 bits per heavy atom. The smallest absolute Gasteiger partial charge is 0.123 e. The summed E-state index contributed by atoms with van der Waals surface area (Å²) >= 11 is 0. The molecule has 3 atom stereocenters. The van der Waals surface area contributed by atoms with Gasteiger partial charge in [0.25, 0.3) is 0 Å². The van der Waals surface area contributed by atoms with Gasteiger partial charge in [-0.2, -0.15) is 0 Å². The summed E-state index contributed by atoms with van der Waals surface area (Å²) in [7, 11) is 0. The first-order valence-electron chi connectivity index (χ1n) is 6.41. The Balaban J connectivity index is 1.96. The summed E-state index contributed by atoms with van der Waals surface area (Å²) in [5.41, 5.74) is 6.84. The number of hydrogen-bond donors (Lipinski definition) is 1.